The Morgan fingerprint density at radius 3 is 2.46 bits per heavy atom. The van der Waals surface area contributed by atoms with Crippen LogP contribution in [0.4, 0.5) is 5.95 Å². The van der Waals surface area contributed by atoms with E-state index in [1.165, 1.54) is 32.1 Å². The van der Waals surface area contributed by atoms with Crippen LogP contribution >= 0.6 is 12.2 Å². The zero-order valence-corrected chi connectivity index (χ0v) is 18.7. The van der Waals surface area contributed by atoms with Crippen LogP contribution in [-0.2, 0) is 16.5 Å². The van der Waals surface area contributed by atoms with Crippen LogP contribution in [0.15, 0.2) is 0 Å². The average Bonchev–Trinajstić information content (AvgIpc) is 3.34. The van der Waals surface area contributed by atoms with E-state index in [9.17, 15) is 8.42 Å². The van der Waals surface area contributed by atoms with Crippen molar-refractivity contribution in [1.29, 1.82) is 0 Å². The molecule has 1 saturated carbocycles. The molecule has 0 amide bonds. The summed E-state index contributed by atoms with van der Waals surface area (Å²) >= 11 is 5.84. The molecule has 3 aliphatic rings. The highest BCUT2D eigenvalue weighted by atomic mass is 32.2. The van der Waals surface area contributed by atoms with Gasteiger partial charge in [-0.2, -0.15) is 0 Å². The molecule has 3 fully saturated rings. The number of piperidine rings is 1. The fourth-order valence-electron chi connectivity index (χ4n) is 4.49. The Morgan fingerprint density at radius 1 is 1.18 bits per heavy atom. The summed E-state index contributed by atoms with van der Waals surface area (Å²) in [5.41, 5.74) is 0. The van der Waals surface area contributed by atoms with Crippen LogP contribution in [0, 0.1) is 10.7 Å². The fraction of sp³-hybridized carbons (Fsp3) is 0.895. The summed E-state index contributed by atoms with van der Waals surface area (Å²) in [7, 11) is -2.91. The van der Waals surface area contributed by atoms with Crippen LogP contribution in [-0.4, -0.2) is 64.8 Å². The molecule has 28 heavy (non-hydrogen) atoms. The minimum atomic E-state index is -2.91. The number of hydrogen-bond donors (Lipinski definition) is 0. The SMILES string of the molecule is CC(C)CN(Cn1nc(N2CCCCC2)n(C2CC2)c1=S)C1CCS(=O)(=O)C1. The van der Waals surface area contributed by atoms with Gasteiger partial charge < -0.3 is 4.90 Å². The van der Waals surface area contributed by atoms with Crippen LogP contribution in [0.25, 0.3) is 0 Å². The Hall–Kier alpha value is -0.930. The second-order valence-corrected chi connectivity index (χ2v) is 11.7. The molecule has 9 heteroatoms. The van der Waals surface area contributed by atoms with Gasteiger partial charge in [-0.1, -0.05) is 13.8 Å². The van der Waals surface area contributed by atoms with Crippen molar-refractivity contribution in [3.8, 4) is 0 Å². The third-order valence-corrected chi connectivity index (χ3v) is 8.20. The van der Waals surface area contributed by atoms with Gasteiger partial charge in [-0.15, -0.1) is 5.10 Å². The van der Waals surface area contributed by atoms with Gasteiger partial charge in [0.15, 0.2) is 9.84 Å². The van der Waals surface area contributed by atoms with E-state index < -0.39 is 9.84 Å². The minimum absolute atomic E-state index is 0.0683. The van der Waals surface area contributed by atoms with E-state index in [1.54, 1.807) is 0 Å². The molecule has 1 unspecified atom stereocenters. The third kappa shape index (κ3) is 4.46. The first kappa shape index (κ1) is 20.3. The molecular weight excluding hydrogens is 394 g/mol. The normalized spacial score (nSPS) is 25.1. The maximum Gasteiger partial charge on any atom is 0.226 e. The Bertz CT molecular complexity index is 850. The standard InChI is InChI=1S/C19H33N5O2S2/c1-15(2)12-22(17-8-11-28(25,26)13-17)14-23-19(27)24(16-6-7-16)18(20-23)21-9-4-3-5-10-21/h15-17H,3-14H2,1-2H3. The Morgan fingerprint density at radius 2 is 1.89 bits per heavy atom. The highest BCUT2D eigenvalue weighted by Gasteiger charge is 2.35. The number of nitrogens with zero attached hydrogens (tertiary/aromatic N) is 5. The van der Waals surface area contributed by atoms with Crippen LogP contribution in [0.5, 0.6) is 0 Å². The monoisotopic (exact) mass is 427 g/mol. The molecule has 1 atom stereocenters. The molecule has 1 aromatic heterocycles. The number of rotatable bonds is 7. The predicted octanol–water partition coefficient (Wildman–Crippen LogP) is 2.84. The lowest BCUT2D eigenvalue weighted by molar-refractivity contribution is 0.137. The second kappa shape index (κ2) is 8.07. The molecule has 7 nitrogen and oxygen atoms in total. The van der Waals surface area contributed by atoms with E-state index >= 15 is 0 Å². The van der Waals surface area contributed by atoms with Crippen molar-refractivity contribution in [2.45, 2.75) is 71.1 Å². The predicted molar refractivity (Wildman–Crippen MR) is 114 cm³/mol. The first-order valence-corrected chi connectivity index (χ1v) is 13.0. The second-order valence-electron chi connectivity index (χ2n) is 9.09. The summed E-state index contributed by atoms with van der Waals surface area (Å²) < 4.78 is 29.1. The van der Waals surface area contributed by atoms with Crippen LogP contribution in [0.1, 0.15) is 58.4 Å². The van der Waals surface area contributed by atoms with E-state index in [0.717, 1.165) is 30.4 Å². The molecule has 2 aliphatic heterocycles. The van der Waals surface area contributed by atoms with Gasteiger partial charge in [0.05, 0.1) is 18.2 Å². The van der Waals surface area contributed by atoms with Crippen LogP contribution in [0.3, 0.4) is 0 Å². The fourth-order valence-corrected chi connectivity index (χ4v) is 6.58. The molecule has 1 aliphatic carbocycles. The van der Waals surface area contributed by atoms with Crippen molar-refractivity contribution in [2.24, 2.45) is 5.92 Å². The first-order chi connectivity index (χ1) is 13.3. The first-order valence-electron chi connectivity index (χ1n) is 10.7. The van der Waals surface area contributed by atoms with Gasteiger partial charge in [-0.05, 0) is 56.7 Å². The lowest BCUT2D eigenvalue weighted by Crippen LogP contribution is -2.40. The van der Waals surface area contributed by atoms with Crippen LogP contribution in [0.2, 0.25) is 0 Å². The molecule has 3 heterocycles. The van der Waals surface area contributed by atoms with Crippen molar-refractivity contribution in [3.63, 3.8) is 0 Å². The number of hydrogen-bond acceptors (Lipinski definition) is 6. The summed E-state index contributed by atoms with van der Waals surface area (Å²) in [4.78, 5) is 4.68. The largest absolute Gasteiger partial charge is 0.341 e. The molecular formula is C19H33N5O2S2. The summed E-state index contributed by atoms with van der Waals surface area (Å²) in [5.74, 6) is 2.04. The van der Waals surface area contributed by atoms with Crippen molar-refractivity contribution in [2.75, 3.05) is 36.0 Å². The van der Waals surface area contributed by atoms with Gasteiger partial charge in [-0.3, -0.25) is 9.47 Å². The zero-order valence-electron chi connectivity index (χ0n) is 17.1. The van der Waals surface area contributed by atoms with Gasteiger partial charge in [-0.25, -0.2) is 13.1 Å². The molecule has 0 bridgehead atoms. The topological polar surface area (TPSA) is 63.4 Å². The highest BCUT2D eigenvalue weighted by Crippen LogP contribution is 2.39. The number of sulfone groups is 1. The van der Waals surface area contributed by atoms with E-state index in [1.807, 2.05) is 4.68 Å². The molecule has 4 rings (SSSR count). The quantitative estimate of drug-likeness (QED) is 0.624. The molecule has 0 radical (unpaired) electrons. The smallest absolute Gasteiger partial charge is 0.226 e. The van der Waals surface area contributed by atoms with E-state index in [2.05, 4.69) is 28.2 Å². The number of anilines is 1. The molecule has 0 N–H and O–H groups in total. The van der Waals surface area contributed by atoms with Crippen molar-refractivity contribution in [3.05, 3.63) is 4.77 Å². The molecule has 1 aromatic rings. The highest BCUT2D eigenvalue weighted by molar-refractivity contribution is 7.91. The van der Waals surface area contributed by atoms with Gasteiger partial charge in [0.1, 0.15) is 0 Å². The van der Waals surface area contributed by atoms with E-state index in [4.69, 9.17) is 17.3 Å². The number of aromatic nitrogens is 3. The summed E-state index contributed by atoms with van der Waals surface area (Å²) in [6.45, 7) is 7.90. The summed E-state index contributed by atoms with van der Waals surface area (Å²) in [6, 6.07) is 0.558. The third-order valence-electron chi connectivity index (χ3n) is 6.04. The van der Waals surface area contributed by atoms with E-state index in [0.29, 0.717) is 30.8 Å². The minimum Gasteiger partial charge on any atom is -0.341 e. The van der Waals surface area contributed by atoms with Crippen molar-refractivity contribution >= 4 is 28.0 Å². The maximum atomic E-state index is 12.0. The van der Waals surface area contributed by atoms with Crippen molar-refractivity contribution < 1.29 is 8.42 Å². The van der Waals surface area contributed by atoms with Gasteiger partial charge in [0.25, 0.3) is 0 Å². The summed E-state index contributed by atoms with van der Waals surface area (Å²) in [5, 5.41) is 4.96. The van der Waals surface area contributed by atoms with Crippen LogP contribution < -0.4 is 4.90 Å². The zero-order chi connectivity index (χ0) is 19.9. The molecule has 0 spiro atoms. The van der Waals surface area contributed by atoms with E-state index in [-0.39, 0.29) is 11.8 Å². The van der Waals surface area contributed by atoms with Gasteiger partial charge in [0.2, 0.25) is 10.7 Å². The molecule has 0 aromatic carbocycles. The van der Waals surface area contributed by atoms with Gasteiger partial charge in [0, 0.05) is 31.7 Å². The lowest BCUT2D eigenvalue weighted by atomic mass is 10.1. The van der Waals surface area contributed by atoms with Gasteiger partial charge >= 0.3 is 0 Å². The molecule has 2 saturated heterocycles. The molecule has 158 valence electrons. The lowest BCUT2D eigenvalue weighted by Gasteiger charge is -2.29. The maximum absolute atomic E-state index is 12.0. The Kier molecular flexibility index (Phi) is 5.86. The Labute approximate surface area is 173 Å². The van der Waals surface area contributed by atoms with Crippen molar-refractivity contribution in [1.82, 2.24) is 19.2 Å². The average molecular weight is 428 g/mol. The Balaban J connectivity index is 1.60. The summed E-state index contributed by atoms with van der Waals surface area (Å²) in [6.07, 6.45) is 6.78.